The Kier molecular flexibility index (Phi) is 6.02. The average Bonchev–Trinajstić information content (AvgIpc) is 3.27. The monoisotopic (exact) mass is 292 g/mol. The number of ether oxygens (including phenoxy) is 1. The van der Waals surface area contributed by atoms with Crippen molar-refractivity contribution in [3.05, 3.63) is 29.8 Å². The highest BCUT2D eigenvalue weighted by Crippen LogP contribution is 2.27. The van der Waals surface area contributed by atoms with Gasteiger partial charge in [0.25, 0.3) is 0 Å². The van der Waals surface area contributed by atoms with E-state index < -0.39 is 6.10 Å². The molecule has 0 aromatic heterocycles. The van der Waals surface area contributed by atoms with Gasteiger partial charge in [-0.05, 0) is 49.9 Å². The van der Waals surface area contributed by atoms with E-state index in [0.29, 0.717) is 6.54 Å². The molecule has 3 N–H and O–H groups in total. The molecule has 1 atom stereocenters. The Labute approximate surface area is 125 Å². The van der Waals surface area contributed by atoms with Crippen LogP contribution in [0.25, 0.3) is 0 Å². The van der Waals surface area contributed by atoms with Crippen molar-refractivity contribution in [1.82, 2.24) is 10.6 Å². The Balaban J connectivity index is 1.55. The van der Waals surface area contributed by atoms with Gasteiger partial charge in [0, 0.05) is 6.54 Å². The van der Waals surface area contributed by atoms with E-state index in [1.54, 1.807) is 0 Å². The zero-order chi connectivity index (χ0) is 15.1. The SMILES string of the molecule is Cc1cccc(OCC(O)CNC(=O)CNCC2CC2)c1. The Bertz CT molecular complexity index is 461. The maximum Gasteiger partial charge on any atom is 0.234 e. The Morgan fingerprint density at radius 1 is 1.48 bits per heavy atom. The van der Waals surface area contributed by atoms with E-state index in [1.807, 2.05) is 31.2 Å². The van der Waals surface area contributed by atoms with Crippen LogP contribution in [-0.4, -0.2) is 43.4 Å². The highest BCUT2D eigenvalue weighted by molar-refractivity contribution is 5.77. The molecule has 1 amide bonds. The van der Waals surface area contributed by atoms with Crippen molar-refractivity contribution in [1.29, 1.82) is 0 Å². The van der Waals surface area contributed by atoms with Crippen molar-refractivity contribution in [2.24, 2.45) is 5.92 Å². The summed E-state index contributed by atoms with van der Waals surface area (Å²) < 4.78 is 5.48. The lowest BCUT2D eigenvalue weighted by Crippen LogP contribution is -2.40. The zero-order valence-corrected chi connectivity index (χ0v) is 12.5. The van der Waals surface area contributed by atoms with E-state index in [0.717, 1.165) is 23.8 Å². The van der Waals surface area contributed by atoms with E-state index in [4.69, 9.17) is 4.74 Å². The molecule has 0 aliphatic heterocycles. The number of carbonyl (C=O) groups is 1. The van der Waals surface area contributed by atoms with Crippen LogP contribution in [-0.2, 0) is 4.79 Å². The number of hydrogen-bond donors (Lipinski definition) is 3. The number of nitrogens with one attached hydrogen (secondary N) is 2. The fraction of sp³-hybridized carbons (Fsp3) is 0.562. The standard InChI is InChI=1S/C16H24N2O3/c1-12-3-2-4-15(7-12)21-11-14(19)9-18-16(20)10-17-8-13-5-6-13/h2-4,7,13-14,17,19H,5-6,8-11H2,1H3,(H,18,20). The number of aliphatic hydroxyl groups is 1. The van der Waals surface area contributed by atoms with Crippen LogP contribution in [0, 0.1) is 12.8 Å². The van der Waals surface area contributed by atoms with E-state index >= 15 is 0 Å². The van der Waals surface area contributed by atoms with Crippen LogP contribution < -0.4 is 15.4 Å². The minimum absolute atomic E-state index is 0.0924. The largest absolute Gasteiger partial charge is 0.491 e. The molecule has 1 aliphatic carbocycles. The molecule has 0 bridgehead atoms. The van der Waals surface area contributed by atoms with Crippen molar-refractivity contribution in [3.8, 4) is 5.75 Å². The van der Waals surface area contributed by atoms with Crippen molar-refractivity contribution in [2.75, 3.05) is 26.2 Å². The summed E-state index contributed by atoms with van der Waals surface area (Å²) >= 11 is 0. The third-order valence-corrected chi connectivity index (χ3v) is 3.38. The first kappa shape index (κ1) is 15.8. The van der Waals surface area contributed by atoms with Crippen LogP contribution >= 0.6 is 0 Å². The van der Waals surface area contributed by atoms with Gasteiger partial charge in [0.2, 0.25) is 5.91 Å². The van der Waals surface area contributed by atoms with Crippen molar-refractivity contribution >= 4 is 5.91 Å². The minimum Gasteiger partial charge on any atom is -0.491 e. The van der Waals surface area contributed by atoms with Gasteiger partial charge in [-0.25, -0.2) is 0 Å². The molecular weight excluding hydrogens is 268 g/mol. The van der Waals surface area contributed by atoms with Gasteiger partial charge >= 0.3 is 0 Å². The molecular formula is C16H24N2O3. The molecule has 1 aromatic rings. The summed E-state index contributed by atoms with van der Waals surface area (Å²) in [5.41, 5.74) is 1.11. The number of carbonyl (C=O) groups excluding carboxylic acids is 1. The normalized spacial score (nSPS) is 15.5. The van der Waals surface area contributed by atoms with Crippen LogP contribution in [0.5, 0.6) is 5.75 Å². The Morgan fingerprint density at radius 3 is 3.00 bits per heavy atom. The quantitative estimate of drug-likeness (QED) is 0.631. The van der Waals surface area contributed by atoms with Crippen LogP contribution in [0.1, 0.15) is 18.4 Å². The number of aliphatic hydroxyl groups excluding tert-OH is 1. The number of benzene rings is 1. The summed E-state index contributed by atoms with van der Waals surface area (Å²) in [5, 5.41) is 15.6. The molecule has 0 radical (unpaired) electrons. The molecule has 0 saturated heterocycles. The van der Waals surface area contributed by atoms with Crippen molar-refractivity contribution < 1.29 is 14.6 Å². The van der Waals surface area contributed by atoms with Crippen LogP contribution in [0.4, 0.5) is 0 Å². The number of aryl methyl sites for hydroxylation is 1. The number of hydrogen-bond acceptors (Lipinski definition) is 4. The highest BCUT2D eigenvalue weighted by Gasteiger charge is 2.20. The second-order valence-corrected chi connectivity index (χ2v) is 5.66. The lowest BCUT2D eigenvalue weighted by molar-refractivity contribution is -0.120. The lowest BCUT2D eigenvalue weighted by atomic mass is 10.2. The molecule has 0 spiro atoms. The van der Waals surface area contributed by atoms with E-state index in [1.165, 1.54) is 12.8 Å². The molecule has 5 heteroatoms. The molecule has 5 nitrogen and oxygen atoms in total. The van der Waals surface area contributed by atoms with E-state index in [-0.39, 0.29) is 19.1 Å². The molecule has 1 aliphatic rings. The first-order valence-corrected chi connectivity index (χ1v) is 7.48. The smallest absolute Gasteiger partial charge is 0.234 e. The first-order chi connectivity index (χ1) is 10.1. The predicted octanol–water partition coefficient (Wildman–Crippen LogP) is 0.851. The molecule has 1 unspecified atom stereocenters. The second-order valence-electron chi connectivity index (χ2n) is 5.66. The summed E-state index contributed by atoms with van der Waals surface area (Å²) in [4.78, 5) is 11.5. The number of amides is 1. The maximum atomic E-state index is 11.5. The summed E-state index contributed by atoms with van der Waals surface area (Å²) in [6.07, 6.45) is 1.82. The van der Waals surface area contributed by atoms with Crippen molar-refractivity contribution in [2.45, 2.75) is 25.9 Å². The summed E-state index contributed by atoms with van der Waals surface area (Å²) in [6.45, 7) is 3.57. The van der Waals surface area contributed by atoms with Gasteiger partial charge in [-0.1, -0.05) is 12.1 Å². The molecule has 116 valence electrons. The van der Waals surface area contributed by atoms with Crippen LogP contribution in [0.3, 0.4) is 0 Å². The second kappa shape index (κ2) is 8.00. The average molecular weight is 292 g/mol. The van der Waals surface area contributed by atoms with Gasteiger partial charge < -0.3 is 20.5 Å². The lowest BCUT2D eigenvalue weighted by Gasteiger charge is -2.13. The highest BCUT2D eigenvalue weighted by atomic mass is 16.5. The van der Waals surface area contributed by atoms with Gasteiger partial charge in [-0.15, -0.1) is 0 Å². The van der Waals surface area contributed by atoms with E-state index in [9.17, 15) is 9.90 Å². The van der Waals surface area contributed by atoms with Gasteiger partial charge in [-0.3, -0.25) is 4.79 Å². The van der Waals surface area contributed by atoms with Gasteiger partial charge in [0.1, 0.15) is 18.5 Å². The van der Waals surface area contributed by atoms with Gasteiger partial charge in [0.15, 0.2) is 0 Å². The molecule has 1 saturated carbocycles. The molecule has 21 heavy (non-hydrogen) atoms. The Hall–Kier alpha value is -1.59. The fourth-order valence-electron chi connectivity index (χ4n) is 1.96. The summed E-state index contributed by atoms with van der Waals surface area (Å²) in [5.74, 6) is 1.39. The van der Waals surface area contributed by atoms with Crippen LogP contribution in [0.2, 0.25) is 0 Å². The molecule has 1 aromatic carbocycles. The zero-order valence-electron chi connectivity index (χ0n) is 12.5. The summed E-state index contributed by atoms with van der Waals surface area (Å²) in [7, 11) is 0. The fourth-order valence-corrected chi connectivity index (χ4v) is 1.96. The first-order valence-electron chi connectivity index (χ1n) is 7.48. The maximum absolute atomic E-state index is 11.5. The predicted molar refractivity (Wildman–Crippen MR) is 81.3 cm³/mol. The number of rotatable bonds is 9. The van der Waals surface area contributed by atoms with Crippen LogP contribution in [0.15, 0.2) is 24.3 Å². The van der Waals surface area contributed by atoms with Gasteiger partial charge in [0.05, 0.1) is 6.54 Å². The minimum atomic E-state index is -0.710. The molecule has 1 fully saturated rings. The molecule has 0 heterocycles. The topological polar surface area (TPSA) is 70.6 Å². The summed E-state index contributed by atoms with van der Waals surface area (Å²) in [6, 6.07) is 7.65. The van der Waals surface area contributed by atoms with E-state index in [2.05, 4.69) is 10.6 Å². The van der Waals surface area contributed by atoms with Crippen molar-refractivity contribution in [3.63, 3.8) is 0 Å². The molecule has 2 rings (SSSR count). The third kappa shape index (κ3) is 6.60. The Morgan fingerprint density at radius 2 is 2.29 bits per heavy atom. The third-order valence-electron chi connectivity index (χ3n) is 3.38. The van der Waals surface area contributed by atoms with Gasteiger partial charge in [-0.2, -0.15) is 0 Å².